The van der Waals surface area contributed by atoms with E-state index in [-0.39, 0.29) is 12.2 Å². The molecule has 2 aromatic carbocycles. The van der Waals surface area contributed by atoms with E-state index in [9.17, 15) is 0 Å². The summed E-state index contributed by atoms with van der Waals surface area (Å²) in [5.41, 5.74) is 0.858. The summed E-state index contributed by atoms with van der Waals surface area (Å²) in [5, 5.41) is 2.88. The Morgan fingerprint density at radius 3 is 2.00 bits per heavy atom. The number of hydrogen-bond donors (Lipinski definition) is 0. The number of aromatic nitrogens is 1. The van der Waals surface area contributed by atoms with Gasteiger partial charge in [-0.2, -0.15) is 0 Å². The molecule has 6 heteroatoms. The average Bonchev–Trinajstić information content (AvgIpc) is 3.17. The van der Waals surface area contributed by atoms with Gasteiger partial charge in [0.1, 0.15) is 18.2 Å². The van der Waals surface area contributed by atoms with Gasteiger partial charge in [-0.1, -0.05) is 24.3 Å². The molecule has 0 unspecified atom stereocenters. The summed E-state index contributed by atoms with van der Waals surface area (Å²) in [6, 6.07) is 15.4. The molecular formula is C19H15NO4S. The van der Waals surface area contributed by atoms with Crippen LogP contribution in [0.25, 0.3) is 0 Å². The molecule has 2 aliphatic heterocycles. The lowest BCUT2D eigenvalue weighted by Gasteiger charge is -2.26. The highest BCUT2D eigenvalue weighted by atomic mass is 32.1. The molecule has 25 heavy (non-hydrogen) atoms. The van der Waals surface area contributed by atoms with Crippen molar-refractivity contribution in [1.82, 2.24) is 4.98 Å². The van der Waals surface area contributed by atoms with E-state index in [1.807, 2.05) is 53.9 Å². The molecule has 0 saturated carbocycles. The van der Waals surface area contributed by atoms with Crippen LogP contribution >= 0.6 is 11.3 Å². The van der Waals surface area contributed by atoms with Crippen LogP contribution in [-0.2, 0) is 0 Å². The number of fused-ring (bicyclic) bond motifs is 2. The Morgan fingerprint density at radius 1 is 0.760 bits per heavy atom. The lowest BCUT2D eigenvalue weighted by atomic mass is 10.2. The van der Waals surface area contributed by atoms with Gasteiger partial charge in [-0.25, -0.2) is 4.98 Å². The van der Waals surface area contributed by atoms with Gasteiger partial charge >= 0.3 is 0 Å². The van der Waals surface area contributed by atoms with E-state index in [1.54, 1.807) is 11.3 Å². The van der Waals surface area contributed by atoms with Crippen LogP contribution in [0, 0.1) is 0 Å². The van der Waals surface area contributed by atoms with Crippen molar-refractivity contribution in [1.29, 1.82) is 0 Å². The molecule has 0 amide bonds. The monoisotopic (exact) mass is 353 g/mol. The highest BCUT2D eigenvalue weighted by Crippen LogP contribution is 2.39. The molecule has 1 aromatic heterocycles. The largest absolute Gasteiger partial charge is 0.485 e. The van der Waals surface area contributed by atoms with Gasteiger partial charge in [-0.3, -0.25) is 0 Å². The van der Waals surface area contributed by atoms with Gasteiger partial charge in [-0.15, -0.1) is 11.3 Å². The maximum absolute atomic E-state index is 6.03. The molecule has 0 N–H and O–H groups in total. The fraction of sp³-hybridized carbons (Fsp3) is 0.211. The van der Waals surface area contributed by atoms with E-state index in [2.05, 4.69) is 0 Å². The number of hydrogen-bond acceptors (Lipinski definition) is 6. The molecule has 0 radical (unpaired) electrons. The van der Waals surface area contributed by atoms with Gasteiger partial charge in [0.2, 0.25) is 0 Å². The minimum atomic E-state index is -0.211. The third-order valence-electron chi connectivity index (χ3n) is 4.16. The highest BCUT2D eigenvalue weighted by molar-refractivity contribution is 7.09. The lowest BCUT2D eigenvalue weighted by molar-refractivity contribution is 0.0835. The SMILES string of the molecule is c1ccc2c(c1)OC[C@@H](c1csc([C@H]3COc4ccccc4O3)n1)O2. The van der Waals surface area contributed by atoms with E-state index >= 15 is 0 Å². The van der Waals surface area contributed by atoms with E-state index < -0.39 is 0 Å². The molecule has 126 valence electrons. The fourth-order valence-corrected chi connectivity index (χ4v) is 3.77. The second kappa shape index (κ2) is 5.97. The molecule has 5 rings (SSSR count). The maximum Gasteiger partial charge on any atom is 0.184 e. The molecule has 0 aliphatic carbocycles. The van der Waals surface area contributed by atoms with Crippen LogP contribution in [0.4, 0.5) is 0 Å². The molecule has 0 spiro atoms. The van der Waals surface area contributed by atoms with Crippen molar-refractivity contribution in [3.05, 3.63) is 64.6 Å². The Hall–Kier alpha value is -2.73. The van der Waals surface area contributed by atoms with Crippen molar-refractivity contribution in [3.8, 4) is 23.0 Å². The van der Waals surface area contributed by atoms with Gasteiger partial charge in [0.05, 0.1) is 5.69 Å². The van der Waals surface area contributed by atoms with Crippen molar-refractivity contribution >= 4 is 11.3 Å². The first-order valence-electron chi connectivity index (χ1n) is 8.09. The minimum Gasteiger partial charge on any atom is -0.485 e. The zero-order valence-corrected chi connectivity index (χ0v) is 14.1. The topological polar surface area (TPSA) is 49.8 Å². The number of rotatable bonds is 2. The Morgan fingerprint density at radius 2 is 1.32 bits per heavy atom. The predicted molar refractivity (Wildman–Crippen MR) is 92.7 cm³/mol. The third kappa shape index (κ3) is 2.68. The Balaban J connectivity index is 1.35. The first-order chi connectivity index (χ1) is 12.4. The molecule has 3 heterocycles. The summed E-state index contributed by atoms with van der Waals surface area (Å²) < 4.78 is 23.6. The predicted octanol–water partition coefficient (Wildman–Crippen LogP) is 4.17. The van der Waals surface area contributed by atoms with Crippen molar-refractivity contribution in [2.45, 2.75) is 12.2 Å². The molecule has 2 aliphatic rings. The number of nitrogens with zero attached hydrogens (tertiary/aromatic N) is 1. The van der Waals surface area contributed by atoms with Crippen LogP contribution in [0.2, 0.25) is 0 Å². The van der Waals surface area contributed by atoms with Crippen LogP contribution in [0.1, 0.15) is 22.9 Å². The third-order valence-corrected chi connectivity index (χ3v) is 5.12. The van der Waals surface area contributed by atoms with Gasteiger partial charge in [0.15, 0.2) is 35.2 Å². The van der Waals surface area contributed by atoms with Gasteiger partial charge in [-0.05, 0) is 24.3 Å². The Labute approximate surface area is 148 Å². The summed E-state index contributed by atoms with van der Waals surface area (Å²) in [5.74, 6) is 3.05. The zero-order chi connectivity index (χ0) is 16.6. The van der Waals surface area contributed by atoms with E-state index in [0.29, 0.717) is 13.2 Å². The second-order valence-electron chi connectivity index (χ2n) is 5.84. The van der Waals surface area contributed by atoms with Crippen molar-refractivity contribution < 1.29 is 18.9 Å². The van der Waals surface area contributed by atoms with Gasteiger partial charge in [0.25, 0.3) is 0 Å². The molecule has 0 fully saturated rings. The standard InChI is InChI=1S/C19H15NO4S/c1-3-7-15-13(5-1)21-9-17(23-15)12-11-25-19(20-12)18-10-22-14-6-2-4-8-16(14)24-18/h1-8,11,17-18H,9-10H2/t17-,18+/m0/s1. The molecule has 5 nitrogen and oxygen atoms in total. The van der Waals surface area contributed by atoms with Crippen LogP contribution in [0.15, 0.2) is 53.9 Å². The maximum atomic E-state index is 6.03. The van der Waals surface area contributed by atoms with E-state index in [4.69, 9.17) is 23.9 Å². The van der Waals surface area contributed by atoms with E-state index in [0.717, 1.165) is 33.7 Å². The smallest absolute Gasteiger partial charge is 0.184 e. The lowest BCUT2D eigenvalue weighted by Crippen LogP contribution is -2.23. The van der Waals surface area contributed by atoms with Gasteiger partial charge in [0, 0.05) is 5.38 Å². The normalized spacial score (nSPS) is 21.0. The minimum absolute atomic E-state index is 0.203. The quantitative estimate of drug-likeness (QED) is 0.692. The number of ether oxygens (including phenoxy) is 4. The molecule has 0 bridgehead atoms. The van der Waals surface area contributed by atoms with Gasteiger partial charge < -0.3 is 18.9 Å². The summed E-state index contributed by atoms with van der Waals surface area (Å²) >= 11 is 1.55. The van der Waals surface area contributed by atoms with Crippen LogP contribution in [-0.4, -0.2) is 18.2 Å². The first-order valence-corrected chi connectivity index (χ1v) is 8.97. The van der Waals surface area contributed by atoms with Crippen LogP contribution < -0.4 is 18.9 Å². The van der Waals surface area contributed by atoms with E-state index in [1.165, 1.54) is 0 Å². The Kier molecular flexibility index (Phi) is 3.48. The average molecular weight is 353 g/mol. The summed E-state index contributed by atoms with van der Waals surface area (Å²) in [6.07, 6.45) is -0.415. The molecular weight excluding hydrogens is 338 g/mol. The fourth-order valence-electron chi connectivity index (χ4n) is 2.90. The number of thiazole rings is 1. The molecule has 3 aromatic rings. The van der Waals surface area contributed by atoms with Crippen molar-refractivity contribution in [2.75, 3.05) is 13.2 Å². The summed E-state index contributed by atoms with van der Waals surface area (Å²) in [7, 11) is 0. The Bertz CT molecular complexity index is 838. The van der Waals surface area contributed by atoms with Crippen LogP contribution in [0.5, 0.6) is 23.0 Å². The van der Waals surface area contributed by atoms with Crippen molar-refractivity contribution in [2.24, 2.45) is 0 Å². The first kappa shape index (κ1) is 14.6. The summed E-state index contributed by atoms with van der Waals surface area (Å²) in [4.78, 5) is 4.71. The molecule has 0 saturated heterocycles. The number of para-hydroxylation sites is 4. The molecule has 2 atom stereocenters. The zero-order valence-electron chi connectivity index (χ0n) is 13.3. The van der Waals surface area contributed by atoms with Crippen molar-refractivity contribution in [3.63, 3.8) is 0 Å². The summed E-state index contributed by atoms with van der Waals surface area (Å²) in [6.45, 7) is 0.903. The van der Waals surface area contributed by atoms with Crippen LogP contribution in [0.3, 0.4) is 0 Å². The number of benzene rings is 2. The second-order valence-corrected chi connectivity index (χ2v) is 6.73. The highest BCUT2D eigenvalue weighted by Gasteiger charge is 2.28.